The summed E-state index contributed by atoms with van der Waals surface area (Å²) >= 11 is 1.30. The Bertz CT molecular complexity index is 948. The number of carbonyl (C=O) groups excluding carboxylic acids is 2. The van der Waals surface area contributed by atoms with Gasteiger partial charge in [0.1, 0.15) is 5.75 Å². The van der Waals surface area contributed by atoms with Crippen molar-refractivity contribution >= 4 is 38.6 Å². The first kappa shape index (κ1) is 17.9. The summed E-state index contributed by atoms with van der Waals surface area (Å²) in [6.07, 6.45) is -0.181. The van der Waals surface area contributed by atoms with Gasteiger partial charge in [0, 0.05) is 5.56 Å². The summed E-state index contributed by atoms with van der Waals surface area (Å²) in [7, 11) is 1.57. The van der Waals surface area contributed by atoms with Crippen molar-refractivity contribution in [2.75, 3.05) is 12.4 Å². The highest BCUT2D eigenvalue weighted by molar-refractivity contribution is 7.22. The Kier molecular flexibility index (Phi) is 5.18. The second kappa shape index (κ2) is 7.53. The van der Waals surface area contributed by atoms with Crippen molar-refractivity contribution in [2.45, 2.75) is 20.0 Å². The number of esters is 1. The zero-order valence-corrected chi connectivity index (χ0v) is 15.4. The number of hydrogen-bond donors (Lipinski definition) is 1. The predicted octanol–water partition coefficient (Wildman–Crippen LogP) is 4.12. The van der Waals surface area contributed by atoms with E-state index in [1.807, 2.05) is 0 Å². The number of methoxy groups -OCH3 is 1. The number of ether oxygens (including phenoxy) is 2. The van der Waals surface area contributed by atoms with E-state index in [0.29, 0.717) is 27.5 Å². The average molecular weight is 370 g/mol. The first-order valence-corrected chi connectivity index (χ1v) is 8.85. The Hall–Kier alpha value is -2.93. The summed E-state index contributed by atoms with van der Waals surface area (Å²) in [4.78, 5) is 28.7. The van der Waals surface area contributed by atoms with E-state index in [-0.39, 0.29) is 18.0 Å². The number of fused-ring (bicyclic) bond motifs is 1. The molecule has 7 heteroatoms. The van der Waals surface area contributed by atoms with Crippen LogP contribution in [-0.2, 0) is 4.74 Å². The summed E-state index contributed by atoms with van der Waals surface area (Å²) in [6.45, 7) is 3.60. The smallest absolute Gasteiger partial charge is 0.338 e. The van der Waals surface area contributed by atoms with Gasteiger partial charge in [0.05, 0.1) is 29.0 Å². The normalized spacial score (nSPS) is 10.8. The molecular weight excluding hydrogens is 352 g/mol. The van der Waals surface area contributed by atoms with Gasteiger partial charge in [0.15, 0.2) is 5.13 Å². The van der Waals surface area contributed by atoms with Gasteiger partial charge < -0.3 is 9.47 Å². The van der Waals surface area contributed by atoms with Crippen LogP contribution in [0, 0.1) is 0 Å². The van der Waals surface area contributed by atoms with Crippen molar-refractivity contribution < 1.29 is 19.1 Å². The number of benzene rings is 2. The number of anilines is 1. The number of nitrogens with one attached hydrogen (secondary N) is 1. The minimum atomic E-state index is -0.376. The van der Waals surface area contributed by atoms with Crippen LogP contribution in [0.5, 0.6) is 5.75 Å². The van der Waals surface area contributed by atoms with E-state index < -0.39 is 0 Å². The van der Waals surface area contributed by atoms with Crippen molar-refractivity contribution in [1.82, 2.24) is 4.98 Å². The maximum atomic E-state index is 12.3. The van der Waals surface area contributed by atoms with E-state index >= 15 is 0 Å². The lowest BCUT2D eigenvalue weighted by atomic mass is 10.2. The summed E-state index contributed by atoms with van der Waals surface area (Å²) in [5.41, 5.74) is 1.68. The van der Waals surface area contributed by atoms with Crippen molar-refractivity contribution in [3.05, 3.63) is 53.6 Å². The van der Waals surface area contributed by atoms with E-state index in [9.17, 15) is 9.59 Å². The molecule has 3 rings (SSSR count). The summed E-state index contributed by atoms with van der Waals surface area (Å²) in [5, 5.41) is 3.25. The molecule has 3 aromatic rings. The van der Waals surface area contributed by atoms with Crippen LogP contribution in [-0.4, -0.2) is 30.1 Å². The minimum absolute atomic E-state index is 0.181. The molecule has 0 aliphatic carbocycles. The van der Waals surface area contributed by atoms with Crippen molar-refractivity contribution in [3.8, 4) is 5.75 Å². The number of aromatic nitrogens is 1. The number of thiazole rings is 1. The molecule has 0 saturated heterocycles. The Morgan fingerprint density at radius 2 is 1.77 bits per heavy atom. The first-order chi connectivity index (χ1) is 12.5. The Morgan fingerprint density at radius 3 is 2.42 bits per heavy atom. The lowest BCUT2D eigenvalue weighted by Gasteiger charge is -2.07. The second-order valence-corrected chi connectivity index (χ2v) is 6.87. The molecule has 26 heavy (non-hydrogen) atoms. The van der Waals surface area contributed by atoms with Gasteiger partial charge in [-0.15, -0.1) is 0 Å². The Morgan fingerprint density at radius 1 is 1.08 bits per heavy atom. The van der Waals surface area contributed by atoms with Gasteiger partial charge in [0.25, 0.3) is 5.91 Å². The van der Waals surface area contributed by atoms with Gasteiger partial charge in [-0.2, -0.15) is 0 Å². The molecule has 1 heterocycles. The molecule has 0 aliphatic heterocycles. The fraction of sp³-hybridized carbons (Fsp3) is 0.211. The molecule has 2 aromatic carbocycles. The van der Waals surface area contributed by atoms with Crippen LogP contribution in [0.15, 0.2) is 42.5 Å². The van der Waals surface area contributed by atoms with Crippen LogP contribution >= 0.6 is 11.3 Å². The van der Waals surface area contributed by atoms with Gasteiger partial charge in [-0.1, -0.05) is 11.3 Å². The third kappa shape index (κ3) is 4.00. The molecule has 0 fully saturated rings. The van der Waals surface area contributed by atoms with E-state index in [1.54, 1.807) is 63.4 Å². The Labute approximate surface area is 154 Å². The number of nitrogens with zero attached hydrogens (tertiary/aromatic N) is 1. The lowest BCUT2D eigenvalue weighted by molar-refractivity contribution is 0.0378. The monoisotopic (exact) mass is 370 g/mol. The topological polar surface area (TPSA) is 77.5 Å². The first-order valence-electron chi connectivity index (χ1n) is 8.03. The molecular formula is C19H18N2O4S. The van der Waals surface area contributed by atoms with Gasteiger partial charge >= 0.3 is 5.97 Å². The van der Waals surface area contributed by atoms with Crippen LogP contribution in [0.25, 0.3) is 10.2 Å². The average Bonchev–Trinajstić information content (AvgIpc) is 3.02. The van der Waals surface area contributed by atoms with Crippen molar-refractivity contribution in [3.63, 3.8) is 0 Å². The summed E-state index contributed by atoms with van der Waals surface area (Å²) in [5.74, 6) is 0.0487. The maximum Gasteiger partial charge on any atom is 0.338 e. The summed E-state index contributed by atoms with van der Waals surface area (Å²) in [6, 6.07) is 11.9. The molecule has 1 N–H and O–H groups in total. The molecule has 0 saturated carbocycles. The largest absolute Gasteiger partial charge is 0.497 e. The standard InChI is InChI=1S/C19H18N2O4S/c1-11(2)25-18(23)13-6-9-15-16(10-13)26-19(20-15)21-17(22)12-4-7-14(24-3)8-5-12/h4-11H,1-3H3,(H,20,21,22). The zero-order chi connectivity index (χ0) is 18.7. The van der Waals surface area contributed by atoms with Crippen LogP contribution in [0.2, 0.25) is 0 Å². The third-order valence-electron chi connectivity index (χ3n) is 3.54. The van der Waals surface area contributed by atoms with Crippen molar-refractivity contribution in [1.29, 1.82) is 0 Å². The Balaban J connectivity index is 1.78. The van der Waals surface area contributed by atoms with E-state index in [1.165, 1.54) is 11.3 Å². The molecule has 0 atom stereocenters. The van der Waals surface area contributed by atoms with Crippen LogP contribution in [0.3, 0.4) is 0 Å². The van der Waals surface area contributed by atoms with Gasteiger partial charge in [-0.3, -0.25) is 10.1 Å². The van der Waals surface area contributed by atoms with Crippen LogP contribution in [0.1, 0.15) is 34.6 Å². The third-order valence-corrected chi connectivity index (χ3v) is 4.47. The van der Waals surface area contributed by atoms with E-state index in [4.69, 9.17) is 9.47 Å². The van der Waals surface area contributed by atoms with Crippen LogP contribution < -0.4 is 10.1 Å². The lowest BCUT2D eigenvalue weighted by Crippen LogP contribution is -2.11. The highest BCUT2D eigenvalue weighted by Gasteiger charge is 2.14. The number of hydrogen-bond acceptors (Lipinski definition) is 6. The number of rotatable bonds is 5. The second-order valence-electron chi connectivity index (χ2n) is 5.84. The quantitative estimate of drug-likeness (QED) is 0.684. The van der Waals surface area contributed by atoms with Crippen LogP contribution in [0.4, 0.5) is 5.13 Å². The SMILES string of the molecule is COc1ccc(C(=O)Nc2nc3ccc(C(=O)OC(C)C)cc3s2)cc1. The van der Waals surface area contributed by atoms with Gasteiger partial charge in [0.2, 0.25) is 0 Å². The molecule has 0 unspecified atom stereocenters. The van der Waals surface area contributed by atoms with E-state index in [2.05, 4.69) is 10.3 Å². The molecule has 0 radical (unpaired) electrons. The number of amides is 1. The molecule has 0 aliphatic rings. The van der Waals surface area contributed by atoms with E-state index in [0.717, 1.165) is 4.70 Å². The fourth-order valence-corrected chi connectivity index (χ4v) is 3.20. The molecule has 0 bridgehead atoms. The zero-order valence-electron chi connectivity index (χ0n) is 14.6. The molecule has 1 aromatic heterocycles. The molecule has 0 spiro atoms. The van der Waals surface area contributed by atoms with Gasteiger partial charge in [-0.25, -0.2) is 9.78 Å². The summed E-state index contributed by atoms with van der Waals surface area (Å²) < 4.78 is 11.1. The van der Waals surface area contributed by atoms with Gasteiger partial charge in [-0.05, 0) is 56.3 Å². The highest BCUT2D eigenvalue weighted by Crippen LogP contribution is 2.27. The molecule has 6 nitrogen and oxygen atoms in total. The number of carbonyl (C=O) groups is 2. The molecule has 134 valence electrons. The predicted molar refractivity (Wildman–Crippen MR) is 101 cm³/mol. The maximum absolute atomic E-state index is 12.3. The highest BCUT2D eigenvalue weighted by atomic mass is 32.1. The van der Waals surface area contributed by atoms with Crippen molar-refractivity contribution in [2.24, 2.45) is 0 Å². The molecule has 1 amide bonds. The fourth-order valence-electron chi connectivity index (χ4n) is 2.30. The minimum Gasteiger partial charge on any atom is -0.497 e.